The van der Waals surface area contributed by atoms with Crippen LogP contribution in [0, 0.1) is 11.3 Å². The van der Waals surface area contributed by atoms with Crippen molar-refractivity contribution >= 4 is 5.97 Å². The van der Waals surface area contributed by atoms with Gasteiger partial charge < -0.3 is 9.47 Å². The number of ether oxygens (including phenoxy) is 2. The lowest BCUT2D eigenvalue weighted by molar-refractivity contribution is -0.135. The second kappa shape index (κ2) is 5.45. The van der Waals surface area contributed by atoms with Crippen molar-refractivity contribution in [1.82, 2.24) is 0 Å². The van der Waals surface area contributed by atoms with Crippen LogP contribution in [0.2, 0.25) is 0 Å². The lowest BCUT2D eigenvalue weighted by Gasteiger charge is -1.95. The minimum absolute atomic E-state index is 0.157. The summed E-state index contributed by atoms with van der Waals surface area (Å²) in [6, 6.07) is 1.82. The van der Waals surface area contributed by atoms with Crippen LogP contribution < -0.4 is 0 Å². The van der Waals surface area contributed by atoms with E-state index in [0.29, 0.717) is 0 Å². The van der Waals surface area contributed by atoms with Crippen molar-refractivity contribution in [3.63, 3.8) is 0 Å². The highest BCUT2D eigenvalue weighted by molar-refractivity contribution is 5.66. The molecule has 60 valence electrons. The second-order valence-electron chi connectivity index (χ2n) is 1.80. The van der Waals surface area contributed by atoms with E-state index in [9.17, 15) is 4.79 Å². The molecule has 0 N–H and O–H groups in total. The highest BCUT2D eigenvalue weighted by Crippen LogP contribution is 1.93. The number of esters is 1. The van der Waals surface area contributed by atoms with Crippen LogP contribution in [-0.2, 0) is 14.3 Å². The first kappa shape index (κ1) is 9.66. The number of nitrogens with zero attached hydrogens (tertiary/aromatic N) is 1. The Hall–Kier alpha value is -1.34. The molecule has 0 aromatic rings. The lowest BCUT2D eigenvalue weighted by atomic mass is 10.3. The molecule has 0 fully saturated rings. The van der Waals surface area contributed by atoms with E-state index in [1.165, 1.54) is 14.0 Å². The molecule has 4 heteroatoms. The molecule has 0 saturated carbocycles. The van der Waals surface area contributed by atoms with Crippen LogP contribution in [0.3, 0.4) is 0 Å². The summed E-state index contributed by atoms with van der Waals surface area (Å²) in [5.41, 5.74) is 0.280. The zero-order valence-electron chi connectivity index (χ0n) is 6.46. The maximum Gasteiger partial charge on any atom is 0.307 e. The topological polar surface area (TPSA) is 59.3 Å². The number of methoxy groups -OCH3 is 1. The first-order valence-corrected chi connectivity index (χ1v) is 2.96. The largest absolute Gasteiger partial charge is 0.434 e. The van der Waals surface area contributed by atoms with Gasteiger partial charge in [0.1, 0.15) is 12.3 Å². The molecular formula is C7H9NO3. The van der Waals surface area contributed by atoms with E-state index in [4.69, 9.17) is 5.26 Å². The van der Waals surface area contributed by atoms with Crippen LogP contribution in [-0.4, -0.2) is 19.7 Å². The molecule has 0 heterocycles. The maximum atomic E-state index is 10.3. The molecule has 0 saturated heterocycles. The van der Waals surface area contributed by atoms with E-state index in [-0.39, 0.29) is 12.2 Å². The van der Waals surface area contributed by atoms with Crippen molar-refractivity contribution < 1.29 is 14.3 Å². The summed E-state index contributed by atoms with van der Waals surface area (Å²) < 4.78 is 9.09. The van der Waals surface area contributed by atoms with Crippen molar-refractivity contribution in [3.8, 4) is 6.07 Å². The summed E-state index contributed by atoms with van der Waals surface area (Å²) in [6.45, 7) is 1.42. The predicted octanol–water partition coefficient (Wildman–Crippen LogP) is 0.603. The number of hydrogen-bond donors (Lipinski definition) is 0. The third-order valence-electron chi connectivity index (χ3n) is 0.811. The minimum Gasteiger partial charge on any atom is -0.434 e. The van der Waals surface area contributed by atoms with E-state index in [2.05, 4.69) is 9.47 Å². The fourth-order valence-electron chi connectivity index (χ4n) is 0.402. The van der Waals surface area contributed by atoms with Crippen LogP contribution in [0.5, 0.6) is 0 Å². The van der Waals surface area contributed by atoms with Gasteiger partial charge in [-0.2, -0.15) is 5.26 Å². The predicted molar refractivity (Wildman–Crippen MR) is 37.3 cm³/mol. The van der Waals surface area contributed by atoms with Gasteiger partial charge in [-0.1, -0.05) is 0 Å². The van der Waals surface area contributed by atoms with Gasteiger partial charge in [-0.15, -0.1) is 0 Å². The molecule has 0 amide bonds. The Kier molecular flexibility index (Phi) is 4.78. The highest BCUT2D eigenvalue weighted by Gasteiger charge is 1.95. The maximum absolute atomic E-state index is 10.3. The molecule has 0 rings (SSSR count). The molecule has 0 aliphatic rings. The average molecular weight is 155 g/mol. The average Bonchev–Trinajstić information content (AvgIpc) is 1.97. The Labute approximate surface area is 65.0 Å². The van der Waals surface area contributed by atoms with E-state index >= 15 is 0 Å². The molecule has 0 spiro atoms. The molecule has 4 nitrogen and oxygen atoms in total. The molecule has 0 atom stereocenters. The standard InChI is InChI=1S/C7H9NO3/c1-6(9)11-5-7(3-8)4-10-2/h5H,4H2,1-2H3. The lowest BCUT2D eigenvalue weighted by Crippen LogP contribution is -1.96. The monoisotopic (exact) mass is 155 g/mol. The molecule has 11 heavy (non-hydrogen) atoms. The zero-order valence-corrected chi connectivity index (χ0v) is 6.46. The van der Waals surface area contributed by atoms with E-state index in [1.54, 1.807) is 0 Å². The summed E-state index contributed by atoms with van der Waals surface area (Å²) in [4.78, 5) is 10.3. The number of carbonyl (C=O) groups is 1. The number of carbonyl (C=O) groups excluding carboxylic acids is 1. The third kappa shape index (κ3) is 5.12. The summed E-state index contributed by atoms with van der Waals surface area (Å²) in [7, 11) is 1.46. The normalized spacial score (nSPS) is 10.5. The van der Waals surface area contributed by atoms with E-state index < -0.39 is 5.97 Å². The van der Waals surface area contributed by atoms with Gasteiger partial charge in [-0.3, -0.25) is 4.79 Å². The van der Waals surface area contributed by atoms with Crippen LogP contribution in [0.1, 0.15) is 6.92 Å². The van der Waals surface area contributed by atoms with Crippen molar-refractivity contribution in [2.75, 3.05) is 13.7 Å². The fraction of sp³-hybridized carbons (Fsp3) is 0.429. The van der Waals surface area contributed by atoms with Crippen molar-refractivity contribution in [1.29, 1.82) is 5.26 Å². The highest BCUT2D eigenvalue weighted by atomic mass is 16.5. The molecule has 0 aromatic heterocycles. The summed E-state index contributed by atoms with van der Waals surface area (Å²) in [6.07, 6.45) is 1.09. The molecule has 0 aromatic carbocycles. The van der Waals surface area contributed by atoms with E-state index in [0.717, 1.165) is 6.26 Å². The number of nitriles is 1. The van der Waals surface area contributed by atoms with Gasteiger partial charge in [0.05, 0.1) is 12.2 Å². The van der Waals surface area contributed by atoms with Gasteiger partial charge in [0, 0.05) is 14.0 Å². The van der Waals surface area contributed by atoms with Gasteiger partial charge in [0.25, 0.3) is 0 Å². The Morgan fingerprint density at radius 1 is 1.73 bits per heavy atom. The smallest absolute Gasteiger partial charge is 0.307 e. The Balaban J connectivity index is 3.93. The minimum atomic E-state index is -0.450. The summed E-state index contributed by atoms with van der Waals surface area (Å²) in [5, 5.41) is 8.38. The molecule has 0 aliphatic heterocycles. The molecule has 0 bridgehead atoms. The Morgan fingerprint density at radius 2 is 2.36 bits per heavy atom. The summed E-state index contributed by atoms with van der Waals surface area (Å²) in [5.74, 6) is -0.450. The zero-order chi connectivity index (χ0) is 8.69. The van der Waals surface area contributed by atoms with E-state index in [1.807, 2.05) is 6.07 Å². The van der Waals surface area contributed by atoms with Gasteiger partial charge in [0.15, 0.2) is 0 Å². The Morgan fingerprint density at radius 3 is 2.73 bits per heavy atom. The van der Waals surface area contributed by atoms with Crippen LogP contribution >= 0.6 is 0 Å². The van der Waals surface area contributed by atoms with Gasteiger partial charge >= 0.3 is 5.97 Å². The van der Waals surface area contributed by atoms with Crippen molar-refractivity contribution in [2.24, 2.45) is 0 Å². The SMILES string of the molecule is COCC(C#N)=COC(C)=O. The van der Waals surface area contributed by atoms with Crippen molar-refractivity contribution in [3.05, 3.63) is 11.8 Å². The quantitative estimate of drug-likeness (QED) is 0.340. The summed E-state index contributed by atoms with van der Waals surface area (Å²) >= 11 is 0. The number of hydrogen-bond acceptors (Lipinski definition) is 4. The third-order valence-corrected chi connectivity index (χ3v) is 0.811. The van der Waals surface area contributed by atoms with Crippen LogP contribution in [0.4, 0.5) is 0 Å². The molecule has 0 aliphatic carbocycles. The fourth-order valence-corrected chi connectivity index (χ4v) is 0.402. The molecule has 0 unspecified atom stereocenters. The van der Waals surface area contributed by atoms with Gasteiger partial charge in [-0.05, 0) is 0 Å². The number of rotatable bonds is 3. The van der Waals surface area contributed by atoms with Gasteiger partial charge in [0.2, 0.25) is 0 Å². The van der Waals surface area contributed by atoms with Crippen LogP contribution in [0.25, 0.3) is 0 Å². The first-order chi connectivity index (χ1) is 5.20. The first-order valence-electron chi connectivity index (χ1n) is 2.96. The second-order valence-corrected chi connectivity index (χ2v) is 1.80. The van der Waals surface area contributed by atoms with Crippen LogP contribution in [0.15, 0.2) is 11.8 Å². The van der Waals surface area contributed by atoms with Crippen molar-refractivity contribution in [2.45, 2.75) is 6.92 Å². The van der Waals surface area contributed by atoms with Gasteiger partial charge in [-0.25, -0.2) is 0 Å². The molecular weight excluding hydrogens is 146 g/mol. The molecule has 0 radical (unpaired) electrons. The Bertz CT molecular complexity index is 202.